The molecule has 5 rings (SSSR count). The highest BCUT2D eigenvalue weighted by Crippen LogP contribution is 2.63. The highest BCUT2D eigenvalue weighted by atomic mass is 33.1. The summed E-state index contributed by atoms with van der Waals surface area (Å²) in [7, 11) is 3.79. The van der Waals surface area contributed by atoms with Crippen LogP contribution in [-0.4, -0.2) is 17.3 Å². The summed E-state index contributed by atoms with van der Waals surface area (Å²) in [5.41, 5.74) is 2.90. The van der Waals surface area contributed by atoms with E-state index in [4.69, 9.17) is 0 Å². The van der Waals surface area contributed by atoms with Gasteiger partial charge in [0, 0.05) is 34.3 Å². The zero-order valence-corrected chi connectivity index (χ0v) is 19.3. The van der Waals surface area contributed by atoms with Crippen molar-refractivity contribution in [2.45, 2.75) is 63.2 Å². The van der Waals surface area contributed by atoms with Crippen LogP contribution in [-0.2, 0) is 9.59 Å². The first-order valence-corrected chi connectivity index (χ1v) is 13.7. The van der Waals surface area contributed by atoms with Crippen LogP contribution in [0, 0.1) is 22.7 Å². The van der Waals surface area contributed by atoms with Crippen LogP contribution in [0.25, 0.3) is 0 Å². The molecule has 2 nitrogen and oxygen atoms in total. The van der Waals surface area contributed by atoms with Crippen molar-refractivity contribution in [1.82, 2.24) is 0 Å². The Labute approximate surface area is 187 Å². The third-order valence-corrected chi connectivity index (χ3v) is 10.7. The van der Waals surface area contributed by atoms with Gasteiger partial charge in [0.25, 0.3) is 0 Å². The fourth-order valence-electron chi connectivity index (χ4n) is 6.69. The second-order valence-corrected chi connectivity index (χ2v) is 12.2. The number of hydrogen-bond acceptors (Lipinski definition) is 4. The molecule has 30 heavy (non-hydrogen) atoms. The number of carbonyl (C=O) groups excluding carboxylic acids is 2. The Kier molecular flexibility index (Phi) is 5.51. The Hall–Kier alpha value is -1.26. The van der Waals surface area contributed by atoms with Crippen molar-refractivity contribution in [2.75, 3.05) is 5.75 Å². The van der Waals surface area contributed by atoms with Gasteiger partial charge in [-0.15, -0.1) is 0 Å². The van der Waals surface area contributed by atoms with Crippen molar-refractivity contribution in [3.05, 3.63) is 53.6 Å². The van der Waals surface area contributed by atoms with E-state index in [1.165, 1.54) is 10.5 Å². The van der Waals surface area contributed by atoms with Gasteiger partial charge < -0.3 is 0 Å². The molecule has 4 aliphatic rings. The summed E-state index contributed by atoms with van der Waals surface area (Å²) in [6.07, 6.45) is 12.1. The van der Waals surface area contributed by atoms with E-state index in [0.717, 1.165) is 50.7 Å². The Morgan fingerprint density at radius 1 is 1.07 bits per heavy atom. The molecule has 1 aromatic carbocycles. The normalized spacial score (nSPS) is 35.2. The number of benzene rings is 1. The van der Waals surface area contributed by atoms with Crippen molar-refractivity contribution in [2.24, 2.45) is 22.7 Å². The van der Waals surface area contributed by atoms with Crippen LogP contribution < -0.4 is 0 Å². The molecule has 4 heteroatoms. The summed E-state index contributed by atoms with van der Waals surface area (Å²) in [4.78, 5) is 26.2. The summed E-state index contributed by atoms with van der Waals surface area (Å²) < 4.78 is 0. The molecule has 4 atom stereocenters. The molecule has 0 aliphatic heterocycles. The Balaban J connectivity index is 1.40. The Morgan fingerprint density at radius 2 is 1.90 bits per heavy atom. The van der Waals surface area contributed by atoms with Crippen LogP contribution in [0.4, 0.5) is 0 Å². The van der Waals surface area contributed by atoms with Gasteiger partial charge in [-0.2, -0.15) is 0 Å². The molecule has 4 aliphatic carbocycles. The molecular weight excluding hydrogens is 408 g/mol. The van der Waals surface area contributed by atoms with Crippen molar-refractivity contribution < 1.29 is 9.59 Å². The lowest BCUT2D eigenvalue weighted by atomic mass is 9.50. The number of rotatable bonds is 5. The smallest absolute Gasteiger partial charge is 0.155 e. The predicted octanol–water partition coefficient (Wildman–Crippen LogP) is 6.82. The Bertz CT molecular complexity index is 918. The maximum atomic E-state index is 12.7. The van der Waals surface area contributed by atoms with Crippen LogP contribution in [0.1, 0.15) is 58.3 Å². The zero-order chi connectivity index (χ0) is 20.8. The van der Waals surface area contributed by atoms with Gasteiger partial charge >= 0.3 is 0 Å². The fourth-order valence-corrected chi connectivity index (χ4v) is 8.85. The van der Waals surface area contributed by atoms with E-state index in [-0.39, 0.29) is 10.8 Å². The first kappa shape index (κ1) is 20.6. The topological polar surface area (TPSA) is 34.1 Å². The average Bonchev–Trinajstić information content (AvgIpc) is 3.07. The molecule has 2 saturated carbocycles. The van der Waals surface area contributed by atoms with Gasteiger partial charge in [-0.1, -0.05) is 63.9 Å². The number of carbonyl (C=O) groups is 2. The first-order valence-electron chi connectivity index (χ1n) is 11.4. The Morgan fingerprint density at radius 3 is 2.73 bits per heavy atom. The van der Waals surface area contributed by atoms with Crippen molar-refractivity contribution in [1.29, 1.82) is 0 Å². The van der Waals surface area contributed by atoms with E-state index in [1.807, 2.05) is 27.7 Å². The van der Waals surface area contributed by atoms with Gasteiger partial charge in [-0.05, 0) is 68.6 Å². The van der Waals surface area contributed by atoms with Crippen molar-refractivity contribution >= 4 is 33.2 Å². The monoisotopic (exact) mass is 438 g/mol. The summed E-state index contributed by atoms with van der Waals surface area (Å²) >= 11 is 0. The third kappa shape index (κ3) is 3.35. The highest BCUT2D eigenvalue weighted by Gasteiger charge is 2.56. The van der Waals surface area contributed by atoms with E-state index >= 15 is 0 Å². The summed E-state index contributed by atoms with van der Waals surface area (Å²) in [6, 6.07) is 10.6. The number of ketones is 2. The number of hydrogen-bond donors (Lipinski definition) is 0. The van der Waals surface area contributed by atoms with Crippen molar-refractivity contribution in [3.63, 3.8) is 0 Å². The van der Waals surface area contributed by atoms with Gasteiger partial charge in [0.1, 0.15) is 5.78 Å². The molecule has 0 N–H and O–H groups in total. The lowest BCUT2D eigenvalue weighted by Gasteiger charge is -2.53. The molecule has 0 heterocycles. The van der Waals surface area contributed by atoms with E-state index in [9.17, 15) is 9.59 Å². The van der Waals surface area contributed by atoms with Crippen LogP contribution in [0.5, 0.6) is 0 Å². The maximum Gasteiger partial charge on any atom is 0.155 e. The largest absolute Gasteiger partial charge is 0.299 e. The molecule has 0 aromatic heterocycles. The van der Waals surface area contributed by atoms with Crippen LogP contribution in [0.3, 0.4) is 0 Å². The van der Waals surface area contributed by atoms with Gasteiger partial charge in [0.15, 0.2) is 5.78 Å². The highest BCUT2D eigenvalue weighted by molar-refractivity contribution is 8.76. The molecule has 0 spiro atoms. The standard InChI is InChI=1S/C26H30O2S2/c1-25-13-12-23-21(22(25)9-10-24(25)28)8-7-18-17-19(27)11-14-26(18,23)15-16-29-30-20-5-3-2-4-6-20/h2-6,12,17,21-22H,7-11,13-16H2,1H3/t21?,22?,25-,26+/m0/s1. The minimum atomic E-state index is -0.140. The quantitative estimate of drug-likeness (QED) is 0.287. The SMILES string of the molecule is C[C@]12CC=C3C(CCC4=CC(=O)CC[C@@]43CCSSc3ccccc3)C1CCC2=O. The number of allylic oxidation sites excluding steroid dienone is 4. The van der Waals surface area contributed by atoms with Gasteiger partial charge in [0.05, 0.1) is 0 Å². The van der Waals surface area contributed by atoms with Crippen LogP contribution in [0.2, 0.25) is 0 Å². The average molecular weight is 439 g/mol. The second kappa shape index (κ2) is 8.02. The second-order valence-electron chi connectivity index (χ2n) is 9.68. The maximum absolute atomic E-state index is 12.7. The van der Waals surface area contributed by atoms with E-state index < -0.39 is 0 Å². The summed E-state index contributed by atoms with van der Waals surface area (Å²) in [5, 5.41) is 0. The molecule has 0 amide bonds. The number of Topliss-reactive ketones (excluding diaryl/α,β-unsaturated/α-hetero) is 1. The van der Waals surface area contributed by atoms with Gasteiger partial charge in [0.2, 0.25) is 0 Å². The van der Waals surface area contributed by atoms with E-state index in [0.29, 0.717) is 29.8 Å². The van der Waals surface area contributed by atoms with E-state index in [1.54, 1.807) is 5.57 Å². The minimum absolute atomic E-state index is 0.0635. The lowest BCUT2D eigenvalue weighted by Crippen LogP contribution is -2.45. The molecule has 158 valence electrons. The van der Waals surface area contributed by atoms with Crippen LogP contribution in [0.15, 0.2) is 58.5 Å². The van der Waals surface area contributed by atoms with Gasteiger partial charge in [-0.25, -0.2) is 0 Å². The molecule has 0 bridgehead atoms. The third-order valence-electron chi connectivity index (χ3n) is 8.30. The molecule has 0 radical (unpaired) electrons. The van der Waals surface area contributed by atoms with Crippen molar-refractivity contribution in [3.8, 4) is 0 Å². The molecule has 2 unspecified atom stereocenters. The predicted molar refractivity (Wildman–Crippen MR) is 125 cm³/mol. The molecular formula is C26H30O2S2. The fraction of sp³-hybridized carbons (Fsp3) is 0.538. The van der Waals surface area contributed by atoms with Crippen LogP contribution >= 0.6 is 21.6 Å². The molecule has 0 saturated heterocycles. The first-order chi connectivity index (χ1) is 14.5. The summed E-state index contributed by atoms with van der Waals surface area (Å²) in [5.74, 6) is 2.91. The van der Waals surface area contributed by atoms with E-state index in [2.05, 4.69) is 43.3 Å². The lowest BCUT2D eigenvalue weighted by molar-refractivity contribution is -0.127. The number of fused-ring (bicyclic) bond motifs is 5. The summed E-state index contributed by atoms with van der Waals surface area (Å²) in [6.45, 7) is 2.22. The van der Waals surface area contributed by atoms with Gasteiger partial charge in [-0.3, -0.25) is 9.59 Å². The minimum Gasteiger partial charge on any atom is -0.299 e. The zero-order valence-electron chi connectivity index (χ0n) is 17.7. The molecule has 2 fully saturated rings. The molecule has 1 aromatic rings.